The Morgan fingerprint density at radius 3 is 2.46 bits per heavy atom. The van der Waals surface area contributed by atoms with Gasteiger partial charge >= 0.3 is 0 Å². The van der Waals surface area contributed by atoms with Gasteiger partial charge in [-0.25, -0.2) is 4.98 Å². The number of carbonyl (C=O) groups is 1. The first kappa shape index (κ1) is 15.7. The van der Waals surface area contributed by atoms with Crippen LogP contribution in [0.3, 0.4) is 0 Å². The number of aromatic nitrogens is 2. The van der Waals surface area contributed by atoms with E-state index in [2.05, 4.69) is 15.3 Å². The fraction of sp³-hybridized carbons (Fsp3) is 0.105. The quantitative estimate of drug-likeness (QED) is 0.778. The van der Waals surface area contributed by atoms with Gasteiger partial charge in [0.25, 0.3) is 11.5 Å². The number of benzene rings is 2. The molecule has 2 aromatic carbocycles. The number of nitrogens with one attached hydrogen (secondary N) is 2. The van der Waals surface area contributed by atoms with E-state index in [0.29, 0.717) is 11.5 Å². The molecule has 1 amide bonds. The number of aryl methyl sites for hydroxylation is 2. The Morgan fingerprint density at radius 1 is 1.04 bits per heavy atom. The molecule has 3 rings (SSSR count). The van der Waals surface area contributed by atoms with Gasteiger partial charge in [0.2, 0.25) is 0 Å². The van der Waals surface area contributed by atoms with Crippen molar-refractivity contribution in [1.82, 2.24) is 9.97 Å². The molecule has 0 aliphatic carbocycles. The first-order valence-corrected chi connectivity index (χ1v) is 7.58. The molecule has 24 heavy (non-hydrogen) atoms. The van der Waals surface area contributed by atoms with Gasteiger partial charge in [0.1, 0.15) is 11.4 Å². The number of hydrogen-bond acceptors (Lipinski definition) is 3. The van der Waals surface area contributed by atoms with Crippen LogP contribution in [0.4, 0.5) is 5.69 Å². The van der Waals surface area contributed by atoms with Crippen molar-refractivity contribution >= 4 is 11.6 Å². The molecule has 5 heteroatoms. The third-order valence-corrected chi connectivity index (χ3v) is 3.86. The summed E-state index contributed by atoms with van der Waals surface area (Å²) in [5.41, 5.74) is 3.16. The highest BCUT2D eigenvalue weighted by molar-refractivity contribution is 6.03. The molecule has 0 unspecified atom stereocenters. The van der Waals surface area contributed by atoms with E-state index in [1.807, 2.05) is 56.3 Å². The highest BCUT2D eigenvalue weighted by Crippen LogP contribution is 2.15. The summed E-state index contributed by atoms with van der Waals surface area (Å²) in [4.78, 5) is 31.4. The second kappa shape index (κ2) is 6.50. The van der Waals surface area contributed by atoms with Gasteiger partial charge in [-0.05, 0) is 37.1 Å². The van der Waals surface area contributed by atoms with E-state index in [0.717, 1.165) is 16.7 Å². The summed E-state index contributed by atoms with van der Waals surface area (Å²) >= 11 is 0. The van der Waals surface area contributed by atoms with Crippen molar-refractivity contribution in [3.8, 4) is 11.4 Å². The first-order chi connectivity index (χ1) is 11.5. The zero-order valence-corrected chi connectivity index (χ0v) is 13.5. The van der Waals surface area contributed by atoms with Gasteiger partial charge in [-0.3, -0.25) is 9.59 Å². The van der Waals surface area contributed by atoms with E-state index in [-0.39, 0.29) is 5.56 Å². The topological polar surface area (TPSA) is 74.8 Å². The summed E-state index contributed by atoms with van der Waals surface area (Å²) in [5.74, 6) is -0.0463. The fourth-order valence-electron chi connectivity index (χ4n) is 2.32. The highest BCUT2D eigenvalue weighted by Gasteiger charge is 2.13. The second-order valence-electron chi connectivity index (χ2n) is 5.59. The normalized spacial score (nSPS) is 10.4. The number of hydrogen-bond donors (Lipinski definition) is 2. The maximum atomic E-state index is 12.3. The minimum absolute atomic E-state index is 0.0205. The standard InChI is InChI=1S/C19H17N3O2/c1-12-8-9-15(10-13(12)2)21-18(23)16-11-20-17(22-19(16)24)14-6-4-3-5-7-14/h3-11H,1-2H3,(H,21,23)(H,20,22,24). The van der Waals surface area contributed by atoms with Crippen LogP contribution in [-0.4, -0.2) is 15.9 Å². The summed E-state index contributed by atoms with van der Waals surface area (Å²) < 4.78 is 0. The molecule has 0 aliphatic rings. The van der Waals surface area contributed by atoms with E-state index in [1.165, 1.54) is 6.20 Å². The molecule has 1 heterocycles. The smallest absolute Gasteiger partial charge is 0.264 e. The first-order valence-electron chi connectivity index (χ1n) is 7.58. The Labute approximate surface area is 139 Å². The van der Waals surface area contributed by atoms with E-state index in [1.54, 1.807) is 6.07 Å². The van der Waals surface area contributed by atoms with E-state index in [9.17, 15) is 9.59 Å². The number of carbonyl (C=O) groups excluding carboxylic acids is 1. The molecule has 0 atom stereocenters. The minimum atomic E-state index is -0.480. The molecule has 1 aromatic heterocycles. The maximum Gasteiger partial charge on any atom is 0.264 e. The van der Waals surface area contributed by atoms with Gasteiger partial charge in [-0.15, -0.1) is 0 Å². The number of amides is 1. The SMILES string of the molecule is Cc1ccc(NC(=O)c2cnc(-c3ccccc3)[nH]c2=O)cc1C. The Bertz CT molecular complexity index is 946. The van der Waals surface area contributed by atoms with Crippen molar-refractivity contribution in [3.05, 3.63) is 81.8 Å². The van der Waals surface area contributed by atoms with Crippen LogP contribution in [0.25, 0.3) is 11.4 Å². The zero-order valence-electron chi connectivity index (χ0n) is 13.5. The van der Waals surface area contributed by atoms with Crippen LogP contribution in [-0.2, 0) is 0 Å². The Hall–Kier alpha value is -3.21. The molecular formula is C19H17N3O2. The van der Waals surface area contributed by atoms with Gasteiger partial charge < -0.3 is 10.3 Å². The van der Waals surface area contributed by atoms with Crippen LogP contribution >= 0.6 is 0 Å². The zero-order chi connectivity index (χ0) is 17.1. The van der Waals surface area contributed by atoms with Gasteiger partial charge in [0.05, 0.1) is 0 Å². The van der Waals surface area contributed by atoms with Crippen LogP contribution < -0.4 is 10.9 Å². The van der Waals surface area contributed by atoms with Crippen molar-refractivity contribution in [2.75, 3.05) is 5.32 Å². The van der Waals surface area contributed by atoms with Crippen LogP contribution in [0.1, 0.15) is 21.5 Å². The van der Waals surface area contributed by atoms with Crippen LogP contribution in [0.15, 0.2) is 59.5 Å². The molecular weight excluding hydrogens is 302 g/mol. The summed E-state index contributed by atoms with van der Waals surface area (Å²) in [5, 5.41) is 2.73. The predicted octanol–water partition coefficient (Wildman–Crippen LogP) is 3.31. The van der Waals surface area contributed by atoms with Crippen molar-refractivity contribution < 1.29 is 4.79 Å². The molecule has 0 saturated heterocycles. The number of anilines is 1. The largest absolute Gasteiger partial charge is 0.322 e. The molecule has 5 nitrogen and oxygen atoms in total. The van der Waals surface area contributed by atoms with Crippen molar-refractivity contribution in [3.63, 3.8) is 0 Å². The van der Waals surface area contributed by atoms with Gasteiger partial charge in [0.15, 0.2) is 0 Å². The lowest BCUT2D eigenvalue weighted by Crippen LogP contribution is -2.24. The maximum absolute atomic E-state index is 12.3. The highest BCUT2D eigenvalue weighted by atomic mass is 16.2. The number of rotatable bonds is 3. The third kappa shape index (κ3) is 3.25. The average molecular weight is 319 g/mol. The molecule has 0 aliphatic heterocycles. The number of H-pyrrole nitrogens is 1. The predicted molar refractivity (Wildman–Crippen MR) is 94.2 cm³/mol. The van der Waals surface area contributed by atoms with Crippen molar-refractivity contribution in [1.29, 1.82) is 0 Å². The van der Waals surface area contributed by atoms with E-state index >= 15 is 0 Å². The van der Waals surface area contributed by atoms with Gasteiger partial charge in [-0.1, -0.05) is 36.4 Å². The van der Waals surface area contributed by atoms with Crippen molar-refractivity contribution in [2.24, 2.45) is 0 Å². The van der Waals surface area contributed by atoms with Crippen LogP contribution in [0, 0.1) is 13.8 Å². The fourth-order valence-corrected chi connectivity index (χ4v) is 2.32. The molecule has 0 bridgehead atoms. The Balaban J connectivity index is 1.85. The molecule has 0 saturated carbocycles. The van der Waals surface area contributed by atoms with Gasteiger partial charge in [-0.2, -0.15) is 0 Å². The third-order valence-electron chi connectivity index (χ3n) is 3.86. The Morgan fingerprint density at radius 2 is 1.79 bits per heavy atom. The van der Waals surface area contributed by atoms with Crippen LogP contribution in [0.2, 0.25) is 0 Å². The lowest BCUT2D eigenvalue weighted by Gasteiger charge is -2.08. The molecule has 3 aromatic rings. The van der Waals surface area contributed by atoms with E-state index in [4.69, 9.17) is 0 Å². The molecule has 0 spiro atoms. The number of aromatic amines is 1. The lowest BCUT2D eigenvalue weighted by molar-refractivity contribution is 0.102. The summed E-state index contributed by atoms with van der Waals surface area (Å²) in [6, 6.07) is 14.9. The monoisotopic (exact) mass is 319 g/mol. The average Bonchev–Trinajstić information content (AvgIpc) is 2.59. The molecule has 2 N–H and O–H groups in total. The summed E-state index contributed by atoms with van der Waals surface area (Å²) in [6.45, 7) is 3.96. The number of nitrogens with zero attached hydrogens (tertiary/aromatic N) is 1. The summed E-state index contributed by atoms with van der Waals surface area (Å²) in [7, 11) is 0. The minimum Gasteiger partial charge on any atom is -0.322 e. The molecule has 0 fully saturated rings. The summed E-state index contributed by atoms with van der Waals surface area (Å²) in [6.07, 6.45) is 1.30. The lowest BCUT2D eigenvalue weighted by atomic mass is 10.1. The second-order valence-corrected chi connectivity index (χ2v) is 5.59. The van der Waals surface area contributed by atoms with Crippen molar-refractivity contribution in [2.45, 2.75) is 13.8 Å². The molecule has 0 radical (unpaired) electrons. The van der Waals surface area contributed by atoms with Crippen LogP contribution in [0.5, 0.6) is 0 Å². The molecule has 120 valence electrons. The Kier molecular flexibility index (Phi) is 4.24. The van der Waals surface area contributed by atoms with Gasteiger partial charge in [0, 0.05) is 17.4 Å². The van der Waals surface area contributed by atoms with E-state index < -0.39 is 11.5 Å².